The second-order valence-electron chi connectivity index (χ2n) is 17.5. The fourth-order valence-corrected chi connectivity index (χ4v) is 11.7. The molecule has 1 aliphatic heterocycles. The summed E-state index contributed by atoms with van der Waals surface area (Å²) in [6.45, 7) is 0. The van der Waals surface area contributed by atoms with Crippen LogP contribution in [0.2, 0.25) is 0 Å². The van der Waals surface area contributed by atoms with Crippen LogP contribution in [-0.2, 0) is 5.41 Å². The van der Waals surface area contributed by atoms with E-state index >= 15 is 0 Å². The largest absolute Gasteiger partial charge is 0.448 e. The molecule has 2 heterocycles. The van der Waals surface area contributed by atoms with Crippen molar-refractivity contribution in [3.8, 4) is 77.3 Å². The van der Waals surface area contributed by atoms with Gasteiger partial charge in [0, 0.05) is 16.9 Å². The number of anilines is 3. The van der Waals surface area contributed by atoms with Crippen LogP contribution in [0.25, 0.3) is 54.3 Å². The topological polar surface area (TPSA) is 21.7 Å². The highest BCUT2D eigenvalue weighted by atomic mass is 32.1. The van der Waals surface area contributed by atoms with E-state index in [1.807, 2.05) is 30.3 Å². The molecule has 0 amide bonds. The van der Waals surface area contributed by atoms with Gasteiger partial charge in [-0.05, 0) is 110 Å². The van der Waals surface area contributed by atoms with E-state index in [0.29, 0.717) is 11.5 Å². The zero-order chi connectivity index (χ0) is 45.7. The van der Waals surface area contributed by atoms with Crippen molar-refractivity contribution >= 4 is 28.4 Å². The highest BCUT2D eigenvalue weighted by Gasteiger charge is 2.46. The summed E-state index contributed by atoms with van der Waals surface area (Å²) >= 11 is 1.70. The number of benzene rings is 10. The lowest BCUT2D eigenvalue weighted by molar-refractivity contribution is 0.364. The predicted molar refractivity (Wildman–Crippen MR) is 285 cm³/mol. The molecular weight excluding hydrogens is 859 g/mol. The van der Waals surface area contributed by atoms with Crippen LogP contribution >= 0.6 is 11.3 Å². The van der Waals surface area contributed by atoms with Crippen LogP contribution in [0.5, 0.6) is 23.0 Å². The molecule has 3 nitrogen and oxygen atoms in total. The van der Waals surface area contributed by atoms with E-state index in [-0.39, 0.29) is 0 Å². The van der Waals surface area contributed by atoms with E-state index in [4.69, 9.17) is 9.47 Å². The van der Waals surface area contributed by atoms with Gasteiger partial charge in [0.1, 0.15) is 0 Å². The molecule has 0 spiro atoms. The van der Waals surface area contributed by atoms with Gasteiger partial charge in [-0.3, -0.25) is 0 Å². The maximum absolute atomic E-state index is 6.73. The molecule has 0 radical (unpaired) electrons. The van der Waals surface area contributed by atoms with Gasteiger partial charge in [-0.2, -0.15) is 0 Å². The predicted octanol–water partition coefficient (Wildman–Crippen LogP) is 18.1. The monoisotopic (exact) mass is 901 g/mol. The summed E-state index contributed by atoms with van der Waals surface area (Å²) in [4.78, 5) is 4.49. The summed E-state index contributed by atoms with van der Waals surface area (Å²) in [6, 6.07) is 93.8. The molecular formula is C65H43NO2S. The molecule has 0 bridgehead atoms. The maximum Gasteiger partial charge on any atom is 0.189 e. The van der Waals surface area contributed by atoms with Gasteiger partial charge in [0.05, 0.1) is 20.9 Å². The number of para-hydroxylation sites is 2. The molecule has 4 heteroatoms. The van der Waals surface area contributed by atoms with Crippen LogP contribution in [-0.4, -0.2) is 0 Å². The molecule has 1 aliphatic carbocycles. The number of thiophene rings is 1. The number of hydrogen-bond donors (Lipinski definition) is 0. The van der Waals surface area contributed by atoms with E-state index in [2.05, 4.69) is 235 Å². The first kappa shape index (κ1) is 40.6. The lowest BCUT2D eigenvalue weighted by Crippen LogP contribution is -2.28. The quantitative estimate of drug-likeness (QED) is 0.144. The lowest BCUT2D eigenvalue weighted by atomic mass is 9.67. The van der Waals surface area contributed by atoms with E-state index in [1.54, 1.807) is 11.3 Å². The van der Waals surface area contributed by atoms with E-state index < -0.39 is 5.41 Å². The van der Waals surface area contributed by atoms with E-state index in [1.165, 1.54) is 38.9 Å². The maximum atomic E-state index is 6.73. The standard InChI is InChI=1S/C65H43NO2S/c1-6-20-44(21-7-1)48-36-41-58(55(42-48)45-22-8-2-9-23-45)66(51-37-34-47(35-38-51)64-62-61(63(69-64)46-24-10-3-11-25-46)67-59-32-18-19-33-60(59)68-62)52-39-40-54-53-30-16-17-31-56(53)65(57(54)43-52,49-26-12-4-13-27-49)50-28-14-5-15-29-50/h1-43H. The Morgan fingerprint density at radius 2 is 0.783 bits per heavy atom. The Morgan fingerprint density at radius 3 is 1.39 bits per heavy atom. The minimum atomic E-state index is -0.561. The Bertz CT molecular complexity index is 3610. The molecule has 13 rings (SSSR count). The summed E-state index contributed by atoms with van der Waals surface area (Å²) in [6.07, 6.45) is 0. The summed E-state index contributed by atoms with van der Waals surface area (Å²) in [5, 5.41) is 0. The van der Waals surface area contributed by atoms with Crippen LogP contribution < -0.4 is 14.4 Å². The van der Waals surface area contributed by atoms with Crippen molar-refractivity contribution < 1.29 is 9.47 Å². The number of hydrogen-bond acceptors (Lipinski definition) is 4. The summed E-state index contributed by atoms with van der Waals surface area (Å²) in [5.74, 6) is 2.91. The molecule has 0 fully saturated rings. The van der Waals surface area contributed by atoms with Gasteiger partial charge in [0.2, 0.25) is 0 Å². The Kier molecular flexibility index (Phi) is 9.92. The van der Waals surface area contributed by atoms with Crippen molar-refractivity contribution in [2.75, 3.05) is 4.90 Å². The second-order valence-corrected chi connectivity index (χ2v) is 18.6. The Labute approximate surface area is 406 Å². The molecule has 326 valence electrons. The van der Waals surface area contributed by atoms with E-state index in [9.17, 15) is 0 Å². The molecule has 2 aliphatic rings. The third-order valence-corrected chi connectivity index (χ3v) is 14.9. The van der Waals surface area contributed by atoms with Crippen molar-refractivity contribution in [3.63, 3.8) is 0 Å². The zero-order valence-corrected chi connectivity index (χ0v) is 38.3. The average Bonchev–Trinajstić information content (AvgIpc) is 3.95. The minimum Gasteiger partial charge on any atom is -0.448 e. The van der Waals surface area contributed by atoms with Crippen LogP contribution in [0.3, 0.4) is 0 Å². The Balaban J connectivity index is 1.03. The molecule has 0 atom stereocenters. The van der Waals surface area contributed by atoms with Crippen LogP contribution in [0.4, 0.5) is 17.1 Å². The third-order valence-electron chi connectivity index (χ3n) is 13.6. The molecule has 0 unspecified atom stereocenters. The van der Waals surface area contributed by atoms with Gasteiger partial charge >= 0.3 is 0 Å². The van der Waals surface area contributed by atoms with Crippen molar-refractivity contribution in [3.05, 3.63) is 283 Å². The highest BCUT2D eigenvalue weighted by molar-refractivity contribution is 7.19. The van der Waals surface area contributed by atoms with Gasteiger partial charge in [-0.1, -0.05) is 212 Å². The highest BCUT2D eigenvalue weighted by Crippen LogP contribution is 2.60. The van der Waals surface area contributed by atoms with Crippen molar-refractivity contribution in [2.24, 2.45) is 0 Å². The molecule has 11 aromatic rings. The second kappa shape index (κ2) is 16.9. The van der Waals surface area contributed by atoms with Crippen molar-refractivity contribution in [1.82, 2.24) is 0 Å². The van der Waals surface area contributed by atoms with Gasteiger partial charge in [0.15, 0.2) is 23.0 Å². The number of fused-ring (bicyclic) bond motifs is 5. The molecule has 1 aromatic heterocycles. The molecule has 0 N–H and O–H groups in total. The van der Waals surface area contributed by atoms with Gasteiger partial charge < -0.3 is 14.4 Å². The zero-order valence-electron chi connectivity index (χ0n) is 37.5. The molecule has 10 aromatic carbocycles. The SMILES string of the molecule is c1ccc(-c2ccc(N(c3ccc(-c4sc(-c5ccccc5)c5c4Oc4ccccc4O5)cc3)c3ccc4c(c3)C(c3ccccc3)(c3ccccc3)c3ccccc3-4)c(-c3ccccc3)c2)cc1. The summed E-state index contributed by atoms with van der Waals surface area (Å²) in [7, 11) is 0. The van der Waals surface area contributed by atoms with Crippen molar-refractivity contribution in [2.45, 2.75) is 5.41 Å². The van der Waals surface area contributed by atoms with Crippen LogP contribution in [0, 0.1) is 0 Å². The number of ether oxygens (including phenoxy) is 2. The molecule has 69 heavy (non-hydrogen) atoms. The number of rotatable bonds is 9. The van der Waals surface area contributed by atoms with Gasteiger partial charge in [-0.25, -0.2) is 0 Å². The normalized spacial score (nSPS) is 12.7. The molecule has 0 saturated carbocycles. The fraction of sp³-hybridized carbons (Fsp3) is 0.0154. The average molecular weight is 902 g/mol. The van der Waals surface area contributed by atoms with Gasteiger partial charge in [-0.15, -0.1) is 11.3 Å². The van der Waals surface area contributed by atoms with E-state index in [0.717, 1.165) is 66.1 Å². The lowest BCUT2D eigenvalue weighted by Gasteiger charge is -2.35. The minimum absolute atomic E-state index is 0.561. The number of nitrogens with zero attached hydrogens (tertiary/aromatic N) is 1. The summed E-state index contributed by atoms with van der Waals surface area (Å²) < 4.78 is 13.4. The third kappa shape index (κ3) is 6.79. The Hall–Kier alpha value is -8.70. The first-order chi connectivity index (χ1) is 34.2. The first-order valence-electron chi connectivity index (χ1n) is 23.4. The van der Waals surface area contributed by atoms with Crippen LogP contribution in [0.1, 0.15) is 22.3 Å². The summed E-state index contributed by atoms with van der Waals surface area (Å²) in [5.41, 5.74) is 16.8. The first-order valence-corrected chi connectivity index (χ1v) is 24.2. The molecule has 0 saturated heterocycles. The van der Waals surface area contributed by atoms with Crippen LogP contribution in [0.15, 0.2) is 261 Å². The fourth-order valence-electron chi connectivity index (χ4n) is 10.5. The Morgan fingerprint density at radius 1 is 0.319 bits per heavy atom. The van der Waals surface area contributed by atoms with Gasteiger partial charge in [0.25, 0.3) is 0 Å². The van der Waals surface area contributed by atoms with Crippen molar-refractivity contribution in [1.29, 1.82) is 0 Å². The smallest absolute Gasteiger partial charge is 0.189 e.